The Morgan fingerprint density at radius 3 is 2.68 bits per heavy atom. The van der Waals surface area contributed by atoms with Crippen LogP contribution in [0.15, 0.2) is 41.8 Å². The average Bonchev–Trinajstić information content (AvgIpc) is 3.10. The van der Waals surface area contributed by atoms with Crippen molar-refractivity contribution in [2.45, 2.75) is 25.7 Å². The van der Waals surface area contributed by atoms with Crippen molar-refractivity contribution in [3.8, 4) is 5.75 Å². The van der Waals surface area contributed by atoms with Crippen molar-refractivity contribution in [1.82, 2.24) is 4.90 Å². The lowest BCUT2D eigenvalue weighted by atomic mass is 9.95. The first-order valence-corrected chi connectivity index (χ1v) is 8.72. The maximum atomic E-state index is 12.7. The fourth-order valence-corrected chi connectivity index (χ4v) is 3.89. The van der Waals surface area contributed by atoms with Gasteiger partial charge in [0, 0.05) is 18.0 Å². The number of carbonyl (C=O) groups is 1. The fraction of sp³-hybridized carbons (Fsp3) is 0.389. The number of thiophene rings is 1. The Labute approximate surface area is 135 Å². The summed E-state index contributed by atoms with van der Waals surface area (Å²) in [5.41, 5.74) is 0.680. The van der Waals surface area contributed by atoms with E-state index in [-0.39, 0.29) is 5.91 Å². The zero-order chi connectivity index (χ0) is 15.4. The Morgan fingerprint density at radius 2 is 2.00 bits per heavy atom. The highest BCUT2D eigenvalue weighted by Gasteiger charge is 2.26. The Bertz CT molecular complexity index is 616. The molecule has 2 heterocycles. The molecule has 1 amide bonds. The third-order valence-corrected chi connectivity index (χ3v) is 5.18. The highest BCUT2D eigenvalue weighted by Crippen LogP contribution is 2.32. The van der Waals surface area contributed by atoms with Gasteiger partial charge >= 0.3 is 0 Å². The first kappa shape index (κ1) is 15.1. The predicted molar refractivity (Wildman–Crippen MR) is 89.8 cm³/mol. The molecular weight excluding hydrogens is 294 g/mol. The van der Waals surface area contributed by atoms with Crippen LogP contribution in [0, 0.1) is 0 Å². The van der Waals surface area contributed by atoms with E-state index >= 15 is 0 Å². The van der Waals surface area contributed by atoms with Crippen molar-refractivity contribution in [3.63, 3.8) is 0 Å². The molecule has 3 nitrogen and oxygen atoms in total. The average molecular weight is 315 g/mol. The minimum atomic E-state index is 0.0914. The first-order chi connectivity index (χ1) is 10.8. The quantitative estimate of drug-likeness (QED) is 0.847. The number of likely N-dealkylation sites (tertiary alicyclic amines) is 1. The molecule has 0 aliphatic carbocycles. The van der Waals surface area contributed by atoms with E-state index in [0.717, 1.165) is 25.9 Å². The number of nitrogens with zero attached hydrogens (tertiary/aromatic N) is 1. The van der Waals surface area contributed by atoms with Gasteiger partial charge in [-0.2, -0.15) is 0 Å². The molecule has 0 radical (unpaired) electrons. The summed E-state index contributed by atoms with van der Waals surface area (Å²) in [5, 5.41) is 2.13. The van der Waals surface area contributed by atoms with Gasteiger partial charge in [-0.25, -0.2) is 0 Å². The van der Waals surface area contributed by atoms with Gasteiger partial charge in [-0.15, -0.1) is 11.3 Å². The lowest BCUT2D eigenvalue weighted by molar-refractivity contribution is 0.0709. The zero-order valence-electron chi connectivity index (χ0n) is 12.8. The van der Waals surface area contributed by atoms with Crippen LogP contribution >= 0.6 is 11.3 Å². The molecule has 4 heteroatoms. The number of amides is 1. The van der Waals surface area contributed by atoms with Crippen LogP contribution in [0.25, 0.3) is 0 Å². The molecule has 116 valence electrons. The molecule has 1 aromatic carbocycles. The lowest BCUT2D eigenvalue weighted by Gasteiger charge is -2.32. The number of piperidine rings is 1. The second-order valence-electron chi connectivity index (χ2n) is 5.51. The number of para-hydroxylation sites is 1. The Balaban J connectivity index is 1.67. The van der Waals surface area contributed by atoms with Gasteiger partial charge < -0.3 is 9.64 Å². The highest BCUT2D eigenvalue weighted by molar-refractivity contribution is 7.10. The van der Waals surface area contributed by atoms with E-state index in [1.54, 1.807) is 0 Å². The molecule has 0 spiro atoms. The van der Waals surface area contributed by atoms with E-state index in [4.69, 9.17) is 4.74 Å². The summed E-state index contributed by atoms with van der Waals surface area (Å²) in [5.74, 6) is 1.38. The molecule has 1 aliphatic heterocycles. The fourth-order valence-electron chi connectivity index (χ4n) is 2.99. The molecule has 22 heavy (non-hydrogen) atoms. The molecule has 3 rings (SSSR count). The smallest absolute Gasteiger partial charge is 0.257 e. The van der Waals surface area contributed by atoms with Gasteiger partial charge in [0.25, 0.3) is 5.91 Å². The van der Waals surface area contributed by atoms with Gasteiger partial charge in [-0.05, 0) is 49.3 Å². The van der Waals surface area contributed by atoms with Crippen LogP contribution < -0.4 is 4.74 Å². The third-order valence-electron chi connectivity index (χ3n) is 4.15. The lowest BCUT2D eigenvalue weighted by Crippen LogP contribution is -2.38. The third kappa shape index (κ3) is 3.17. The van der Waals surface area contributed by atoms with E-state index in [0.29, 0.717) is 23.8 Å². The molecular formula is C18H21NO2S. The number of benzene rings is 1. The Morgan fingerprint density at radius 1 is 1.23 bits per heavy atom. The summed E-state index contributed by atoms with van der Waals surface area (Å²) in [6, 6.07) is 11.8. The van der Waals surface area contributed by atoms with Crippen LogP contribution in [0.4, 0.5) is 0 Å². The van der Waals surface area contributed by atoms with Crippen LogP contribution in [0.3, 0.4) is 0 Å². The van der Waals surface area contributed by atoms with Crippen molar-refractivity contribution in [1.29, 1.82) is 0 Å². The summed E-state index contributed by atoms with van der Waals surface area (Å²) >= 11 is 1.82. The van der Waals surface area contributed by atoms with E-state index in [9.17, 15) is 4.79 Å². The second-order valence-corrected chi connectivity index (χ2v) is 6.49. The van der Waals surface area contributed by atoms with Crippen molar-refractivity contribution in [2.24, 2.45) is 0 Å². The minimum absolute atomic E-state index is 0.0914. The Hall–Kier alpha value is -1.81. The molecule has 0 atom stereocenters. The van der Waals surface area contributed by atoms with Crippen LogP contribution in [0.1, 0.15) is 40.9 Å². The normalized spacial score (nSPS) is 15.8. The van der Waals surface area contributed by atoms with E-state index < -0.39 is 0 Å². The van der Waals surface area contributed by atoms with Crippen molar-refractivity contribution in [2.75, 3.05) is 19.7 Å². The zero-order valence-corrected chi connectivity index (χ0v) is 13.6. The summed E-state index contributed by atoms with van der Waals surface area (Å²) in [6.45, 7) is 4.15. The van der Waals surface area contributed by atoms with Gasteiger partial charge in [0.1, 0.15) is 5.75 Å². The molecule has 1 fully saturated rings. The van der Waals surface area contributed by atoms with E-state index in [1.807, 2.05) is 47.4 Å². The number of rotatable bonds is 4. The molecule has 1 aromatic heterocycles. The summed E-state index contributed by atoms with van der Waals surface area (Å²) in [6.07, 6.45) is 2.09. The topological polar surface area (TPSA) is 29.5 Å². The molecule has 0 N–H and O–H groups in total. The van der Waals surface area contributed by atoms with Crippen molar-refractivity contribution < 1.29 is 9.53 Å². The Kier molecular flexibility index (Phi) is 4.78. The van der Waals surface area contributed by atoms with Gasteiger partial charge in [-0.3, -0.25) is 4.79 Å². The van der Waals surface area contributed by atoms with E-state index in [1.165, 1.54) is 4.88 Å². The maximum Gasteiger partial charge on any atom is 0.257 e. The number of ether oxygens (including phenoxy) is 1. The molecule has 2 aromatic rings. The summed E-state index contributed by atoms with van der Waals surface area (Å²) in [7, 11) is 0. The second kappa shape index (κ2) is 6.97. The van der Waals surface area contributed by atoms with Gasteiger partial charge in [-0.1, -0.05) is 18.2 Å². The highest BCUT2D eigenvalue weighted by atomic mass is 32.1. The maximum absolute atomic E-state index is 12.7. The molecule has 0 bridgehead atoms. The summed E-state index contributed by atoms with van der Waals surface area (Å²) in [4.78, 5) is 16.1. The molecule has 1 aliphatic rings. The molecule has 0 saturated carbocycles. The number of hydrogen-bond acceptors (Lipinski definition) is 3. The van der Waals surface area contributed by atoms with Crippen LogP contribution in [-0.4, -0.2) is 30.5 Å². The van der Waals surface area contributed by atoms with Crippen LogP contribution in [-0.2, 0) is 0 Å². The van der Waals surface area contributed by atoms with Crippen molar-refractivity contribution >= 4 is 17.2 Å². The van der Waals surface area contributed by atoms with Crippen LogP contribution in [0.2, 0.25) is 0 Å². The van der Waals surface area contributed by atoms with Crippen LogP contribution in [0.5, 0.6) is 5.75 Å². The SMILES string of the molecule is CCOc1ccccc1C(=O)N1CCC(c2cccs2)CC1. The first-order valence-electron chi connectivity index (χ1n) is 7.84. The standard InChI is InChI=1S/C18H21NO2S/c1-2-21-16-7-4-3-6-15(16)18(20)19-11-9-14(10-12-19)17-8-5-13-22-17/h3-8,13-14H,2,9-12H2,1H3. The molecule has 1 saturated heterocycles. The number of carbonyl (C=O) groups excluding carboxylic acids is 1. The van der Waals surface area contributed by atoms with E-state index in [2.05, 4.69) is 17.5 Å². The van der Waals surface area contributed by atoms with Gasteiger partial charge in [0.2, 0.25) is 0 Å². The largest absolute Gasteiger partial charge is 0.493 e. The van der Waals surface area contributed by atoms with Gasteiger partial charge in [0.05, 0.1) is 12.2 Å². The molecule has 0 unspecified atom stereocenters. The van der Waals surface area contributed by atoms with Gasteiger partial charge in [0.15, 0.2) is 0 Å². The predicted octanol–water partition coefficient (Wildman–Crippen LogP) is 4.17. The summed E-state index contributed by atoms with van der Waals surface area (Å²) < 4.78 is 5.58. The monoisotopic (exact) mass is 315 g/mol. The van der Waals surface area contributed by atoms with Crippen molar-refractivity contribution in [3.05, 3.63) is 52.2 Å². The minimum Gasteiger partial charge on any atom is -0.493 e. The number of hydrogen-bond donors (Lipinski definition) is 0.